The Hall–Kier alpha value is -1.71. The summed E-state index contributed by atoms with van der Waals surface area (Å²) in [7, 11) is -3.41. The lowest BCUT2D eigenvalue weighted by atomic mass is 10.3. The molecule has 0 aliphatic carbocycles. The molecule has 1 atom stereocenters. The summed E-state index contributed by atoms with van der Waals surface area (Å²) in [5.41, 5.74) is 6.14. The minimum atomic E-state index is -3.41. The van der Waals surface area contributed by atoms with Gasteiger partial charge in [-0.1, -0.05) is 5.92 Å². The predicted octanol–water partition coefficient (Wildman–Crippen LogP) is 0.589. The Balaban J connectivity index is 2.42. The molecule has 0 fully saturated rings. The van der Waals surface area contributed by atoms with Crippen LogP contribution in [0.2, 0.25) is 0 Å². The van der Waals surface area contributed by atoms with Gasteiger partial charge in [0.2, 0.25) is 10.0 Å². The van der Waals surface area contributed by atoms with Crippen LogP contribution in [0.3, 0.4) is 0 Å². The van der Waals surface area contributed by atoms with E-state index in [9.17, 15) is 8.42 Å². The first-order chi connectivity index (χ1) is 8.43. The first-order valence-electron chi connectivity index (χ1n) is 5.37. The van der Waals surface area contributed by atoms with Gasteiger partial charge in [-0.05, 0) is 31.2 Å². The van der Waals surface area contributed by atoms with Crippen molar-refractivity contribution < 1.29 is 13.2 Å². The van der Waals surface area contributed by atoms with Crippen LogP contribution in [0.5, 0.6) is 5.75 Å². The zero-order valence-electron chi connectivity index (χ0n) is 10.1. The second-order valence-electron chi connectivity index (χ2n) is 3.74. The average Bonchev–Trinajstić information content (AvgIpc) is 2.31. The minimum absolute atomic E-state index is 0.0521. The molecule has 6 heteroatoms. The van der Waals surface area contributed by atoms with Crippen molar-refractivity contribution in [1.82, 2.24) is 4.72 Å². The molecule has 1 rings (SSSR count). The van der Waals surface area contributed by atoms with Crippen molar-refractivity contribution >= 4 is 15.7 Å². The number of hydrogen-bond acceptors (Lipinski definition) is 4. The molecule has 18 heavy (non-hydrogen) atoms. The van der Waals surface area contributed by atoms with Gasteiger partial charge in [-0.15, -0.1) is 6.42 Å². The number of benzene rings is 1. The molecule has 3 N–H and O–H groups in total. The van der Waals surface area contributed by atoms with Crippen LogP contribution < -0.4 is 15.2 Å². The molecule has 0 heterocycles. The van der Waals surface area contributed by atoms with Crippen molar-refractivity contribution in [3.05, 3.63) is 24.3 Å². The van der Waals surface area contributed by atoms with Crippen molar-refractivity contribution in [2.75, 3.05) is 18.1 Å². The third-order valence-corrected chi connectivity index (χ3v) is 3.52. The van der Waals surface area contributed by atoms with Gasteiger partial charge in [0, 0.05) is 5.69 Å². The van der Waals surface area contributed by atoms with Gasteiger partial charge in [0.15, 0.2) is 0 Å². The fourth-order valence-corrected chi connectivity index (χ4v) is 2.22. The largest absolute Gasteiger partial charge is 0.492 e. The summed E-state index contributed by atoms with van der Waals surface area (Å²) < 4.78 is 30.7. The number of hydrogen-bond donors (Lipinski definition) is 2. The fraction of sp³-hybridized carbons (Fsp3) is 0.333. The third-order valence-electron chi connectivity index (χ3n) is 2.11. The molecule has 0 spiro atoms. The molecule has 0 aliphatic rings. The molecule has 1 aromatic rings. The van der Waals surface area contributed by atoms with E-state index in [1.165, 1.54) is 0 Å². The van der Waals surface area contributed by atoms with Crippen LogP contribution in [0.25, 0.3) is 0 Å². The Bertz CT molecular complexity index is 517. The van der Waals surface area contributed by atoms with Gasteiger partial charge in [0.25, 0.3) is 0 Å². The number of nitrogens with two attached hydrogens (primary N) is 1. The number of nitrogens with one attached hydrogen (secondary N) is 1. The van der Waals surface area contributed by atoms with Crippen molar-refractivity contribution in [2.24, 2.45) is 0 Å². The van der Waals surface area contributed by atoms with Crippen LogP contribution in [-0.2, 0) is 10.0 Å². The molecule has 1 aromatic carbocycles. The average molecular weight is 268 g/mol. The van der Waals surface area contributed by atoms with Crippen LogP contribution in [0.4, 0.5) is 5.69 Å². The third kappa shape index (κ3) is 5.08. The summed E-state index contributed by atoms with van der Waals surface area (Å²) in [5, 5.41) is 0. The quantitative estimate of drug-likeness (QED) is 0.584. The zero-order chi connectivity index (χ0) is 13.6. The van der Waals surface area contributed by atoms with Crippen molar-refractivity contribution in [3.8, 4) is 18.1 Å². The van der Waals surface area contributed by atoms with E-state index in [0.717, 1.165) is 0 Å². The maximum atomic E-state index is 11.5. The molecule has 5 nitrogen and oxygen atoms in total. The van der Waals surface area contributed by atoms with Gasteiger partial charge in [0.1, 0.15) is 12.4 Å². The van der Waals surface area contributed by atoms with Crippen LogP contribution in [0.15, 0.2) is 24.3 Å². The Morgan fingerprint density at radius 3 is 2.61 bits per heavy atom. The number of terminal acetylenes is 1. The molecule has 0 radical (unpaired) electrons. The second kappa shape index (κ2) is 6.28. The summed E-state index contributed by atoms with van der Waals surface area (Å²) in [6.07, 6.45) is 5.09. The molecule has 0 saturated heterocycles. The summed E-state index contributed by atoms with van der Waals surface area (Å²) in [4.78, 5) is 0. The van der Waals surface area contributed by atoms with E-state index in [4.69, 9.17) is 16.9 Å². The van der Waals surface area contributed by atoms with Crippen molar-refractivity contribution in [3.63, 3.8) is 0 Å². The highest BCUT2D eigenvalue weighted by Gasteiger charge is 2.12. The molecule has 0 aliphatic heterocycles. The Morgan fingerprint density at radius 2 is 2.06 bits per heavy atom. The number of nitrogen functional groups attached to an aromatic ring is 1. The summed E-state index contributed by atoms with van der Waals surface area (Å²) in [5.74, 6) is 2.71. The topological polar surface area (TPSA) is 81.4 Å². The normalized spacial score (nSPS) is 12.7. The molecule has 0 saturated carbocycles. The van der Waals surface area contributed by atoms with Gasteiger partial charge >= 0.3 is 0 Å². The standard InChI is InChI=1S/C12H16N2O3S/c1-3-10(2)14-18(15,16)9-8-17-12-6-4-11(13)5-7-12/h1,4-7,10,14H,8-9,13H2,2H3. The smallest absolute Gasteiger partial charge is 0.216 e. The van der Waals surface area contributed by atoms with E-state index < -0.39 is 16.1 Å². The molecule has 98 valence electrons. The first kappa shape index (κ1) is 14.4. The van der Waals surface area contributed by atoms with Crippen LogP contribution in [-0.4, -0.2) is 26.8 Å². The lowest BCUT2D eigenvalue weighted by Gasteiger charge is -2.10. The van der Waals surface area contributed by atoms with E-state index in [0.29, 0.717) is 11.4 Å². The molecule has 1 unspecified atom stereocenters. The summed E-state index contributed by atoms with van der Waals surface area (Å²) in [6.45, 7) is 1.65. The lowest BCUT2D eigenvalue weighted by Crippen LogP contribution is -2.35. The molecular weight excluding hydrogens is 252 g/mol. The first-order valence-corrected chi connectivity index (χ1v) is 7.02. The Labute approximate surface area is 107 Å². The molecule has 0 aromatic heterocycles. The number of anilines is 1. The SMILES string of the molecule is C#CC(C)NS(=O)(=O)CCOc1ccc(N)cc1. The number of ether oxygens (including phenoxy) is 1. The van der Waals surface area contributed by atoms with E-state index in [1.54, 1.807) is 31.2 Å². The Kier molecular flexibility index (Phi) is 5.01. The van der Waals surface area contributed by atoms with Gasteiger partial charge in [-0.25, -0.2) is 13.1 Å². The highest BCUT2D eigenvalue weighted by molar-refractivity contribution is 7.89. The van der Waals surface area contributed by atoms with E-state index in [1.807, 2.05) is 0 Å². The maximum absolute atomic E-state index is 11.5. The van der Waals surface area contributed by atoms with Gasteiger partial charge in [-0.2, -0.15) is 0 Å². The van der Waals surface area contributed by atoms with Crippen molar-refractivity contribution in [2.45, 2.75) is 13.0 Å². The number of sulfonamides is 1. The van der Waals surface area contributed by atoms with E-state index in [-0.39, 0.29) is 12.4 Å². The minimum Gasteiger partial charge on any atom is -0.492 e. The highest BCUT2D eigenvalue weighted by atomic mass is 32.2. The monoisotopic (exact) mass is 268 g/mol. The highest BCUT2D eigenvalue weighted by Crippen LogP contribution is 2.12. The zero-order valence-corrected chi connectivity index (χ0v) is 10.9. The van der Waals surface area contributed by atoms with Gasteiger partial charge in [-0.3, -0.25) is 0 Å². The van der Waals surface area contributed by atoms with Crippen LogP contribution in [0.1, 0.15) is 6.92 Å². The fourth-order valence-electron chi connectivity index (χ4n) is 1.20. The van der Waals surface area contributed by atoms with E-state index in [2.05, 4.69) is 10.6 Å². The van der Waals surface area contributed by atoms with Gasteiger partial charge in [0.05, 0.1) is 11.8 Å². The number of rotatable bonds is 6. The molecular formula is C12H16N2O3S. The molecule has 0 bridgehead atoms. The predicted molar refractivity (Wildman–Crippen MR) is 71.6 cm³/mol. The van der Waals surface area contributed by atoms with E-state index >= 15 is 0 Å². The van der Waals surface area contributed by atoms with Crippen molar-refractivity contribution in [1.29, 1.82) is 0 Å². The Morgan fingerprint density at radius 1 is 1.44 bits per heavy atom. The maximum Gasteiger partial charge on any atom is 0.216 e. The second-order valence-corrected chi connectivity index (χ2v) is 5.62. The summed E-state index contributed by atoms with van der Waals surface area (Å²) >= 11 is 0. The van der Waals surface area contributed by atoms with Crippen LogP contribution >= 0.6 is 0 Å². The lowest BCUT2D eigenvalue weighted by molar-refractivity contribution is 0.340. The van der Waals surface area contributed by atoms with Crippen LogP contribution in [0, 0.1) is 12.3 Å². The summed E-state index contributed by atoms with van der Waals surface area (Å²) in [6, 6.07) is 6.20. The van der Waals surface area contributed by atoms with Gasteiger partial charge < -0.3 is 10.5 Å². The molecule has 0 amide bonds.